The minimum Gasteiger partial charge on any atom is -0.339 e. The maximum absolute atomic E-state index is 12.3. The van der Waals surface area contributed by atoms with Crippen molar-refractivity contribution in [3.8, 4) is 0 Å². The van der Waals surface area contributed by atoms with Crippen molar-refractivity contribution >= 4 is 11.8 Å². The fraction of sp³-hybridized carbons (Fsp3) is 0.429. The molecule has 2 rings (SSSR count). The Labute approximate surface area is 113 Å². The molecule has 1 aromatic carbocycles. The number of nitrogens with zero attached hydrogens (tertiary/aromatic N) is 2. The summed E-state index contributed by atoms with van der Waals surface area (Å²) < 4.78 is 0. The Morgan fingerprint density at radius 1 is 1.05 bits per heavy atom. The van der Waals surface area contributed by atoms with Crippen LogP contribution in [0, 0.1) is 0 Å². The molecule has 5 nitrogen and oxygen atoms in total. The highest BCUT2D eigenvalue weighted by Gasteiger charge is 2.26. The number of nitrogens with two attached hydrogens (primary N) is 1. The van der Waals surface area contributed by atoms with Gasteiger partial charge in [-0.3, -0.25) is 9.59 Å². The van der Waals surface area contributed by atoms with E-state index in [4.69, 9.17) is 5.73 Å². The molecule has 1 saturated heterocycles. The van der Waals surface area contributed by atoms with E-state index in [1.54, 1.807) is 16.7 Å². The van der Waals surface area contributed by atoms with Crippen LogP contribution in [0.5, 0.6) is 0 Å². The topological polar surface area (TPSA) is 66.6 Å². The lowest BCUT2D eigenvalue weighted by molar-refractivity contribution is -0.139. The Morgan fingerprint density at radius 2 is 1.58 bits per heavy atom. The highest BCUT2D eigenvalue weighted by molar-refractivity contribution is 5.83. The van der Waals surface area contributed by atoms with Crippen LogP contribution in [0.2, 0.25) is 0 Å². The summed E-state index contributed by atoms with van der Waals surface area (Å²) in [7, 11) is 0. The van der Waals surface area contributed by atoms with Gasteiger partial charge in [-0.1, -0.05) is 30.3 Å². The van der Waals surface area contributed by atoms with Crippen molar-refractivity contribution in [3.05, 3.63) is 35.9 Å². The van der Waals surface area contributed by atoms with Crippen molar-refractivity contribution in [2.45, 2.75) is 13.0 Å². The van der Waals surface area contributed by atoms with Crippen molar-refractivity contribution < 1.29 is 9.59 Å². The molecule has 102 valence electrons. The van der Waals surface area contributed by atoms with Gasteiger partial charge >= 0.3 is 0 Å². The number of hydrogen-bond donors (Lipinski definition) is 1. The molecule has 2 N–H and O–H groups in total. The molecule has 1 unspecified atom stereocenters. The zero-order valence-corrected chi connectivity index (χ0v) is 11.1. The Balaban J connectivity index is 1.96. The van der Waals surface area contributed by atoms with E-state index in [-0.39, 0.29) is 11.8 Å². The molecule has 0 aromatic heterocycles. The molecule has 0 spiro atoms. The lowest BCUT2D eigenvalue weighted by atomic mass is 10.1. The third-order valence-corrected chi connectivity index (χ3v) is 3.46. The number of piperazine rings is 1. The number of carbonyl (C=O) groups excluding carboxylic acids is 2. The summed E-state index contributed by atoms with van der Waals surface area (Å²) >= 11 is 0. The van der Waals surface area contributed by atoms with Crippen LogP contribution in [0.4, 0.5) is 0 Å². The molecule has 0 saturated carbocycles. The molecule has 1 aromatic rings. The molecule has 1 aliphatic heterocycles. The Morgan fingerprint density at radius 3 is 2.11 bits per heavy atom. The Kier molecular flexibility index (Phi) is 4.16. The third-order valence-electron chi connectivity index (χ3n) is 3.46. The minimum atomic E-state index is -0.620. The second-order valence-corrected chi connectivity index (χ2v) is 4.72. The van der Waals surface area contributed by atoms with E-state index in [2.05, 4.69) is 0 Å². The average molecular weight is 261 g/mol. The van der Waals surface area contributed by atoms with E-state index in [9.17, 15) is 9.59 Å². The Bertz CT molecular complexity index is 453. The normalized spacial score (nSPS) is 17.2. The van der Waals surface area contributed by atoms with Crippen LogP contribution in [0.1, 0.15) is 18.5 Å². The van der Waals surface area contributed by atoms with Crippen LogP contribution < -0.4 is 5.73 Å². The largest absolute Gasteiger partial charge is 0.339 e. The molecular weight excluding hydrogens is 242 g/mol. The minimum absolute atomic E-state index is 0.0551. The standard InChI is InChI=1S/C14H19N3O2/c1-11(18)16-7-9-17(10-8-16)14(19)13(15)12-5-3-2-4-6-12/h2-6,13H,7-10,15H2,1H3. The Hall–Kier alpha value is -1.88. The summed E-state index contributed by atoms with van der Waals surface area (Å²) in [5.41, 5.74) is 6.81. The number of carbonyl (C=O) groups is 2. The molecule has 0 bridgehead atoms. The quantitative estimate of drug-likeness (QED) is 0.837. The zero-order valence-electron chi connectivity index (χ0n) is 11.1. The van der Waals surface area contributed by atoms with Crippen molar-refractivity contribution in [2.24, 2.45) is 5.73 Å². The summed E-state index contributed by atoms with van der Waals surface area (Å²) in [6, 6.07) is 8.73. The molecule has 1 aliphatic rings. The van der Waals surface area contributed by atoms with Crippen molar-refractivity contribution in [2.75, 3.05) is 26.2 Å². The first-order chi connectivity index (χ1) is 9.09. The molecule has 19 heavy (non-hydrogen) atoms. The average Bonchev–Trinajstić information content (AvgIpc) is 2.46. The van der Waals surface area contributed by atoms with Crippen LogP contribution in [-0.4, -0.2) is 47.8 Å². The van der Waals surface area contributed by atoms with Crippen LogP contribution >= 0.6 is 0 Å². The van der Waals surface area contributed by atoms with Gasteiger partial charge in [0.2, 0.25) is 11.8 Å². The molecule has 1 fully saturated rings. The summed E-state index contributed by atoms with van der Waals surface area (Å²) in [6.45, 7) is 3.83. The smallest absolute Gasteiger partial charge is 0.244 e. The van der Waals surface area contributed by atoms with Crippen LogP contribution in [0.25, 0.3) is 0 Å². The highest BCUT2D eigenvalue weighted by Crippen LogP contribution is 2.14. The zero-order chi connectivity index (χ0) is 13.8. The second-order valence-electron chi connectivity index (χ2n) is 4.72. The van der Waals surface area contributed by atoms with E-state index in [1.165, 1.54) is 0 Å². The summed E-state index contributed by atoms with van der Waals surface area (Å²) in [5, 5.41) is 0. The van der Waals surface area contributed by atoms with E-state index in [0.717, 1.165) is 5.56 Å². The van der Waals surface area contributed by atoms with Gasteiger partial charge in [0.25, 0.3) is 0 Å². The SMILES string of the molecule is CC(=O)N1CCN(C(=O)C(N)c2ccccc2)CC1. The van der Waals surface area contributed by atoms with Gasteiger partial charge in [0, 0.05) is 33.1 Å². The van der Waals surface area contributed by atoms with Crippen molar-refractivity contribution in [1.29, 1.82) is 0 Å². The first-order valence-corrected chi connectivity index (χ1v) is 6.44. The molecular formula is C14H19N3O2. The van der Waals surface area contributed by atoms with E-state index < -0.39 is 6.04 Å². The third kappa shape index (κ3) is 3.12. The first kappa shape index (κ1) is 13.5. The number of rotatable bonds is 2. The van der Waals surface area contributed by atoms with Gasteiger partial charge in [-0.15, -0.1) is 0 Å². The van der Waals surface area contributed by atoms with Crippen molar-refractivity contribution in [1.82, 2.24) is 9.80 Å². The van der Waals surface area contributed by atoms with Gasteiger partial charge in [-0.25, -0.2) is 0 Å². The molecule has 5 heteroatoms. The van der Waals surface area contributed by atoms with E-state index in [0.29, 0.717) is 26.2 Å². The molecule has 1 heterocycles. The number of amides is 2. The molecule has 2 amide bonds. The van der Waals surface area contributed by atoms with Crippen LogP contribution in [-0.2, 0) is 9.59 Å². The van der Waals surface area contributed by atoms with Gasteiger partial charge in [0.1, 0.15) is 6.04 Å². The summed E-state index contributed by atoms with van der Waals surface area (Å²) in [6.07, 6.45) is 0. The predicted octanol–water partition coefficient (Wildman–Crippen LogP) is 0.377. The first-order valence-electron chi connectivity index (χ1n) is 6.44. The highest BCUT2D eigenvalue weighted by atomic mass is 16.2. The van der Waals surface area contributed by atoms with Gasteiger partial charge < -0.3 is 15.5 Å². The number of benzene rings is 1. The van der Waals surface area contributed by atoms with Crippen LogP contribution in [0.3, 0.4) is 0 Å². The maximum Gasteiger partial charge on any atom is 0.244 e. The summed E-state index contributed by atoms with van der Waals surface area (Å²) in [4.78, 5) is 27.0. The maximum atomic E-state index is 12.3. The van der Waals surface area contributed by atoms with Gasteiger partial charge in [-0.05, 0) is 5.56 Å². The monoisotopic (exact) mass is 261 g/mol. The van der Waals surface area contributed by atoms with Gasteiger partial charge in [0.05, 0.1) is 0 Å². The fourth-order valence-corrected chi connectivity index (χ4v) is 2.24. The van der Waals surface area contributed by atoms with Crippen LogP contribution in [0.15, 0.2) is 30.3 Å². The van der Waals surface area contributed by atoms with Crippen molar-refractivity contribution in [3.63, 3.8) is 0 Å². The summed E-state index contributed by atoms with van der Waals surface area (Å²) in [5.74, 6) is -0.0196. The lowest BCUT2D eigenvalue weighted by Crippen LogP contribution is -2.52. The predicted molar refractivity (Wildman–Crippen MR) is 72.2 cm³/mol. The lowest BCUT2D eigenvalue weighted by Gasteiger charge is -2.35. The van der Waals surface area contributed by atoms with E-state index in [1.807, 2.05) is 30.3 Å². The van der Waals surface area contributed by atoms with Gasteiger partial charge in [0.15, 0.2) is 0 Å². The fourth-order valence-electron chi connectivity index (χ4n) is 2.24. The molecule has 1 atom stereocenters. The second kappa shape index (κ2) is 5.84. The molecule has 0 aliphatic carbocycles. The van der Waals surface area contributed by atoms with Gasteiger partial charge in [-0.2, -0.15) is 0 Å². The number of hydrogen-bond acceptors (Lipinski definition) is 3. The molecule has 0 radical (unpaired) electrons. The van der Waals surface area contributed by atoms with E-state index >= 15 is 0 Å².